The Kier molecular flexibility index (Phi) is 3.20. The molecule has 0 aliphatic heterocycles. The highest BCUT2D eigenvalue weighted by Gasteiger charge is 2.00. The van der Waals surface area contributed by atoms with Gasteiger partial charge in [-0.15, -0.1) is 0 Å². The molecule has 14 heavy (non-hydrogen) atoms. The summed E-state index contributed by atoms with van der Waals surface area (Å²) in [5.74, 6) is 0. The Morgan fingerprint density at radius 1 is 1.07 bits per heavy atom. The van der Waals surface area contributed by atoms with Crippen molar-refractivity contribution in [3.63, 3.8) is 0 Å². The molecule has 0 nitrogen and oxygen atoms in total. The third-order valence-electron chi connectivity index (χ3n) is 2.44. The first-order chi connectivity index (χ1) is 6.90. The van der Waals surface area contributed by atoms with Crippen LogP contribution in [0.1, 0.15) is 24.0 Å². The lowest BCUT2D eigenvalue weighted by Gasteiger charge is -2.07. The van der Waals surface area contributed by atoms with Crippen molar-refractivity contribution in [2.45, 2.75) is 18.2 Å². The van der Waals surface area contributed by atoms with E-state index in [2.05, 4.69) is 58.4 Å². The second-order valence-electron chi connectivity index (χ2n) is 3.47. The molecule has 1 heteroatoms. The standard InChI is InChI=1S/C13H13Br/c14-10-11-6-8-13(9-7-11)12-4-2-1-3-5-12/h2,4-9H,1,3,10H2. The number of allylic oxidation sites excluding steroid dienone is 4. The molecular formula is C13H13Br. The van der Waals surface area contributed by atoms with Crippen LogP contribution in [-0.4, -0.2) is 0 Å². The summed E-state index contributed by atoms with van der Waals surface area (Å²) in [5, 5.41) is 0.933. The third-order valence-corrected chi connectivity index (χ3v) is 3.08. The van der Waals surface area contributed by atoms with Crippen molar-refractivity contribution in [2.75, 3.05) is 0 Å². The molecule has 0 N–H and O–H groups in total. The summed E-state index contributed by atoms with van der Waals surface area (Å²) < 4.78 is 0. The van der Waals surface area contributed by atoms with E-state index in [1.165, 1.54) is 29.5 Å². The van der Waals surface area contributed by atoms with Gasteiger partial charge in [0.15, 0.2) is 0 Å². The van der Waals surface area contributed by atoms with E-state index in [-0.39, 0.29) is 0 Å². The molecule has 2 rings (SSSR count). The molecule has 0 heterocycles. The Bertz CT molecular complexity index is 357. The Balaban J connectivity index is 2.24. The van der Waals surface area contributed by atoms with Crippen LogP contribution in [0.15, 0.2) is 42.5 Å². The van der Waals surface area contributed by atoms with E-state index in [9.17, 15) is 0 Å². The lowest BCUT2D eigenvalue weighted by atomic mass is 9.99. The summed E-state index contributed by atoms with van der Waals surface area (Å²) >= 11 is 3.45. The Morgan fingerprint density at radius 2 is 1.86 bits per heavy atom. The predicted molar refractivity (Wildman–Crippen MR) is 65.4 cm³/mol. The van der Waals surface area contributed by atoms with Crippen LogP contribution >= 0.6 is 15.9 Å². The number of hydrogen-bond donors (Lipinski definition) is 0. The molecule has 0 fully saturated rings. The van der Waals surface area contributed by atoms with Gasteiger partial charge in [-0.25, -0.2) is 0 Å². The predicted octanol–water partition coefficient (Wildman–Crippen LogP) is 4.31. The van der Waals surface area contributed by atoms with E-state index in [0.29, 0.717) is 0 Å². The van der Waals surface area contributed by atoms with Crippen molar-refractivity contribution in [3.8, 4) is 0 Å². The maximum Gasteiger partial charge on any atom is 0.0283 e. The minimum atomic E-state index is 0.933. The average molecular weight is 249 g/mol. The van der Waals surface area contributed by atoms with E-state index < -0.39 is 0 Å². The molecule has 0 amide bonds. The topological polar surface area (TPSA) is 0 Å². The van der Waals surface area contributed by atoms with Crippen molar-refractivity contribution in [2.24, 2.45) is 0 Å². The Hall–Kier alpha value is -0.820. The lowest BCUT2D eigenvalue weighted by Crippen LogP contribution is -1.86. The molecule has 1 aromatic rings. The number of alkyl halides is 1. The van der Waals surface area contributed by atoms with E-state index in [1.807, 2.05) is 0 Å². The van der Waals surface area contributed by atoms with Gasteiger partial charge < -0.3 is 0 Å². The van der Waals surface area contributed by atoms with Crippen LogP contribution in [0.25, 0.3) is 5.57 Å². The maximum atomic E-state index is 3.45. The molecule has 0 saturated heterocycles. The Labute approximate surface area is 93.5 Å². The van der Waals surface area contributed by atoms with Crippen LogP contribution in [-0.2, 0) is 5.33 Å². The molecule has 72 valence electrons. The van der Waals surface area contributed by atoms with Crippen molar-refractivity contribution in [3.05, 3.63) is 53.6 Å². The summed E-state index contributed by atoms with van der Waals surface area (Å²) in [4.78, 5) is 0. The molecular weight excluding hydrogens is 236 g/mol. The number of halogens is 1. The largest absolute Gasteiger partial charge is 0.0876 e. The Morgan fingerprint density at radius 3 is 2.43 bits per heavy atom. The SMILES string of the molecule is BrCc1ccc(C2=CCCC=C2)cc1. The summed E-state index contributed by atoms with van der Waals surface area (Å²) in [6, 6.07) is 8.73. The fraction of sp³-hybridized carbons (Fsp3) is 0.231. The number of benzene rings is 1. The van der Waals surface area contributed by atoms with Crippen LogP contribution in [0, 0.1) is 0 Å². The van der Waals surface area contributed by atoms with E-state index in [4.69, 9.17) is 0 Å². The average Bonchev–Trinajstić information content (AvgIpc) is 2.30. The zero-order chi connectivity index (χ0) is 9.80. The molecule has 1 aromatic carbocycles. The van der Waals surface area contributed by atoms with Crippen LogP contribution < -0.4 is 0 Å². The summed E-state index contributed by atoms with van der Waals surface area (Å²) in [5.41, 5.74) is 4.01. The molecule has 0 saturated carbocycles. The molecule has 0 unspecified atom stereocenters. The van der Waals surface area contributed by atoms with Gasteiger partial charge in [0.25, 0.3) is 0 Å². The van der Waals surface area contributed by atoms with Crippen molar-refractivity contribution in [1.82, 2.24) is 0 Å². The smallest absolute Gasteiger partial charge is 0.0283 e. The monoisotopic (exact) mass is 248 g/mol. The zero-order valence-electron chi connectivity index (χ0n) is 8.04. The van der Waals surface area contributed by atoms with Gasteiger partial charge >= 0.3 is 0 Å². The highest BCUT2D eigenvalue weighted by molar-refractivity contribution is 9.08. The van der Waals surface area contributed by atoms with Crippen molar-refractivity contribution in [1.29, 1.82) is 0 Å². The van der Waals surface area contributed by atoms with Crippen LogP contribution in [0.4, 0.5) is 0 Å². The van der Waals surface area contributed by atoms with E-state index in [1.54, 1.807) is 0 Å². The van der Waals surface area contributed by atoms with E-state index >= 15 is 0 Å². The van der Waals surface area contributed by atoms with Crippen LogP contribution in [0.3, 0.4) is 0 Å². The van der Waals surface area contributed by atoms with Crippen LogP contribution in [0.2, 0.25) is 0 Å². The minimum Gasteiger partial charge on any atom is -0.0876 e. The molecule has 1 aliphatic rings. The van der Waals surface area contributed by atoms with Gasteiger partial charge in [0.2, 0.25) is 0 Å². The highest BCUT2D eigenvalue weighted by atomic mass is 79.9. The fourth-order valence-corrected chi connectivity index (χ4v) is 1.99. The number of hydrogen-bond acceptors (Lipinski definition) is 0. The third kappa shape index (κ3) is 2.16. The molecule has 0 bridgehead atoms. The normalized spacial score (nSPS) is 15.4. The fourth-order valence-electron chi connectivity index (χ4n) is 1.61. The van der Waals surface area contributed by atoms with Crippen molar-refractivity contribution < 1.29 is 0 Å². The summed E-state index contributed by atoms with van der Waals surface area (Å²) in [7, 11) is 0. The zero-order valence-corrected chi connectivity index (χ0v) is 9.63. The highest BCUT2D eigenvalue weighted by Crippen LogP contribution is 2.21. The molecule has 1 aliphatic carbocycles. The molecule has 0 radical (unpaired) electrons. The second kappa shape index (κ2) is 4.61. The lowest BCUT2D eigenvalue weighted by molar-refractivity contribution is 1.04. The van der Waals surface area contributed by atoms with Gasteiger partial charge in [0.1, 0.15) is 0 Å². The van der Waals surface area contributed by atoms with Gasteiger partial charge in [-0.1, -0.05) is 58.4 Å². The number of rotatable bonds is 2. The first-order valence-electron chi connectivity index (χ1n) is 4.92. The molecule has 0 atom stereocenters. The minimum absolute atomic E-state index is 0.933. The van der Waals surface area contributed by atoms with Crippen molar-refractivity contribution >= 4 is 21.5 Å². The van der Waals surface area contributed by atoms with Gasteiger partial charge in [-0.2, -0.15) is 0 Å². The quantitative estimate of drug-likeness (QED) is 0.685. The van der Waals surface area contributed by atoms with Gasteiger partial charge in [0, 0.05) is 5.33 Å². The van der Waals surface area contributed by atoms with Crippen LogP contribution in [0.5, 0.6) is 0 Å². The van der Waals surface area contributed by atoms with Gasteiger partial charge in [-0.05, 0) is 29.5 Å². The van der Waals surface area contributed by atoms with Gasteiger partial charge in [-0.3, -0.25) is 0 Å². The first-order valence-corrected chi connectivity index (χ1v) is 6.04. The molecule has 0 aromatic heterocycles. The molecule has 0 spiro atoms. The maximum absolute atomic E-state index is 3.45. The van der Waals surface area contributed by atoms with E-state index in [0.717, 1.165) is 5.33 Å². The summed E-state index contributed by atoms with van der Waals surface area (Å²) in [6.45, 7) is 0. The first kappa shape index (κ1) is 9.72. The van der Waals surface area contributed by atoms with Gasteiger partial charge in [0.05, 0.1) is 0 Å². The second-order valence-corrected chi connectivity index (χ2v) is 4.03. The summed E-state index contributed by atoms with van der Waals surface area (Å²) in [6.07, 6.45) is 9.12.